The minimum atomic E-state index is -0.229. The molecule has 2 fully saturated rings. The van der Waals surface area contributed by atoms with Crippen molar-refractivity contribution in [3.8, 4) is 0 Å². The number of aromatic nitrogens is 1. The smallest absolute Gasteiger partial charge is 0.254 e. The molecule has 2 unspecified atom stereocenters. The predicted octanol–water partition coefficient (Wildman–Crippen LogP) is 0.247. The molecule has 4 rings (SSSR count). The second-order valence-electron chi connectivity index (χ2n) is 6.80. The van der Waals surface area contributed by atoms with Crippen LogP contribution in [0.5, 0.6) is 0 Å². The van der Waals surface area contributed by atoms with E-state index in [1.54, 1.807) is 12.3 Å². The van der Waals surface area contributed by atoms with Gasteiger partial charge in [-0.15, -0.1) is 0 Å². The number of aliphatic hydroxyl groups excluding tert-OH is 1. The van der Waals surface area contributed by atoms with Crippen molar-refractivity contribution in [2.24, 2.45) is 0 Å². The van der Waals surface area contributed by atoms with Gasteiger partial charge in [0.1, 0.15) is 5.82 Å². The molecule has 7 heteroatoms. The van der Waals surface area contributed by atoms with Crippen molar-refractivity contribution < 1.29 is 14.7 Å². The van der Waals surface area contributed by atoms with Crippen LogP contribution in [0.25, 0.3) is 0 Å². The number of carbonyl (C=O) groups excluding carboxylic acids is 2. The van der Waals surface area contributed by atoms with Gasteiger partial charge in [-0.25, -0.2) is 4.98 Å². The normalized spacial score (nSPS) is 27.2. The summed E-state index contributed by atoms with van der Waals surface area (Å²) in [7, 11) is 0. The van der Waals surface area contributed by atoms with E-state index in [1.165, 1.54) is 0 Å². The molecule has 0 radical (unpaired) electrons. The van der Waals surface area contributed by atoms with Gasteiger partial charge in [0.15, 0.2) is 0 Å². The molecule has 0 bridgehead atoms. The van der Waals surface area contributed by atoms with Crippen LogP contribution in [0.4, 0.5) is 5.82 Å². The molecule has 1 aromatic rings. The molecule has 1 aromatic heterocycles. The van der Waals surface area contributed by atoms with E-state index in [0.29, 0.717) is 30.0 Å². The van der Waals surface area contributed by atoms with Crippen molar-refractivity contribution in [1.29, 1.82) is 0 Å². The first-order valence-corrected chi connectivity index (χ1v) is 8.62. The van der Waals surface area contributed by atoms with Crippen molar-refractivity contribution >= 4 is 17.6 Å². The van der Waals surface area contributed by atoms with Gasteiger partial charge >= 0.3 is 0 Å². The minimum Gasteiger partial charge on any atom is -0.391 e. The number of hydrogen-bond donors (Lipinski definition) is 2. The molecule has 2 atom stereocenters. The van der Waals surface area contributed by atoms with Crippen LogP contribution < -0.4 is 5.32 Å². The lowest BCUT2D eigenvalue weighted by Crippen LogP contribution is -2.53. The van der Waals surface area contributed by atoms with Crippen molar-refractivity contribution in [2.45, 2.75) is 37.8 Å². The fourth-order valence-electron chi connectivity index (χ4n) is 4.09. The standard InChI is InChI=1S/C17H22N4O3/c22-14-3-1-2-13(14)20-6-8-21(9-7-20)17(24)11-4-5-18-16-12(11)10-15(23)19-16/h4-5,13-14,22H,1-3,6-10H2,(H,18,19,23). The third-order valence-electron chi connectivity index (χ3n) is 5.40. The topological polar surface area (TPSA) is 85.8 Å². The lowest BCUT2D eigenvalue weighted by atomic mass is 10.1. The summed E-state index contributed by atoms with van der Waals surface area (Å²) in [5.74, 6) is 0.369. The SMILES string of the molecule is O=C1Cc2c(C(=O)N3CCN(C4CCCC4O)CC3)ccnc2N1. The maximum absolute atomic E-state index is 12.8. The highest BCUT2D eigenvalue weighted by molar-refractivity contribution is 6.04. The summed E-state index contributed by atoms with van der Waals surface area (Å²) in [5.41, 5.74) is 1.29. The molecule has 0 spiro atoms. The number of carbonyl (C=O) groups is 2. The number of hydrogen-bond acceptors (Lipinski definition) is 5. The number of nitrogens with zero attached hydrogens (tertiary/aromatic N) is 3. The summed E-state index contributed by atoms with van der Waals surface area (Å²) in [6.07, 6.45) is 4.57. The van der Waals surface area contributed by atoms with Crippen LogP contribution in [0, 0.1) is 0 Å². The Bertz CT molecular complexity index is 670. The highest BCUT2D eigenvalue weighted by Gasteiger charge is 2.34. The molecule has 2 aliphatic heterocycles. The monoisotopic (exact) mass is 330 g/mol. The van der Waals surface area contributed by atoms with Crippen LogP contribution in [-0.2, 0) is 11.2 Å². The summed E-state index contributed by atoms with van der Waals surface area (Å²) in [5, 5.41) is 12.7. The van der Waals surface area contributed by atoms with Crippen LogP contribution in [0.3, 0.4) is 0 Å². The molecule has 128 valence electrons. The average Bonchev–Trinajstić information content (AvgIpc) is 3.18. The zero-order valence-electron chi connectivity index (χ0n) is 13.6. The first-order chi connectivity index (χ1) is 11.6. The van der Waals surface area contributed by atoms with E-state index in [1.807, 2.05) is 4.90 Å². The zero-order chi connectivity index (χ0) is 16.7. The molecule has 7 nitrogen and oxygen atoms in total. The summed E-state index contributed by atoms with van der Waals surface area (Å²) < 4.78 is 0. The maximum atomic E-state index is 12.8. The van der Waals surface area contributed by atoms with Gasteiger partial charge in [0, 0.05) is 49.5 Å². The lowest BCUT2D eigenvalue weighted by Gasteiger charge is -2.39. The third kappa shape index (κ3) is 2.67. The van der Waals surface area contributed by atoms with E-state index in [9.17, 15) is 14.7 Å². The van der Waals surface area contributed by atoms with Gasteiger partial charge in [-0.2, -0.15) is 0 Å². The first kappa shape index (κ1) is 15.5. The van der Waals surface area contributed by atoms with Gasteiger partial charge in [0.2, 0.25) is 5.91 Å². The number of aliphatic hydroxyl groups is 1. The summed E-state index contributed by atoms with van der Waals surface area (Å²) >= 11 is 0. The number of fused-ring (bicyclic) bond motifs is 1. The van der Waals surface area contributed by atoms with Crippen molar-refractivity contribution in [1.82, 2.24) is 14.8 Å². The largest absolute Gasteiger partial charge is 0.391 e. The van der Waals surface area contributed by atoms with Crippen LogP contribution in [0.2, 0.25) is 0 Å². The number of nitrogens with one attached hydrogen (secondary N) is 1. The number of anilines is 1. The van der Waals surface area contributed by atoms with E-state index in [2.05, 4.69) is 15.2 Å². The van der Waals surface area contributed by atoms with Crippen LogP contribution in [0.15, 0.2) is 12.3 Å². The number of pyridine rings is 1. The molecular weight excluding hydrogens is 308 g/mol. The highest BCUT2D eigenvalue weighted by Crippen LogP contribution is 2.27. The van der Waals surface area contributed by atoms with E-state index in [0.717, 1.165) is 32.4 Å². The summed E-state index contributed by atoms with van der Waals surface area (Å²) in [6, 6.07) is 1.95. The molecule has 1 saturated heterocycles. The van der Waals surface area contributed by atoms with Gasteiger partial charge in [0.25, 0.3) is 5.91 Å². The first-order valence-electron chi connectivity index (χ1n) is 8.62. The fourth-order valence-corrected chi connectivity index (χ4v) is 4.09. The maximum Gasteiger partial charge on any atom is 0.254 e. The molecular formula is C17H22N4O3. The number of amides is 2. The second-order valence-corrected chi connectivity index (χ2v) is 6.80. The Balaban J connectivity index is 1.44. The molecule has 2 N–H and O–H groups in total. The molecule has 3 aliphatic rings. The van der Waals surface area contributed by atoms with E-state index < -0.39 is 0 Å². The lowest BCUT2D eigenvalue weighted by molar-refractivity contribution is -0.115. The van der Waals surface area contributed by atoms with Gasteiger partial charge in [0.05, 0.1) is 12.5 Å². The van der Waals surface area contributed by atoms with Crippen molar-refractivity contribution in [2.75, 3.05) is 31.5 Å². The quantitative estimate of drug-likeness (QED) is 0.812. The van der Waals surface area contributed by atoms with E-state index in [-0.39, 0.29) is 30.4 Å². The number of piperazine rings is 1. The predicted molar refractivity (Wildman–Crippen MR) is 87.7 cm³/mol. The van der Waals surface area contributed by atoms with Crippen LogP contribution >= 0.6 is 0 Å². The van der Waals surface area contributed by atoms with Gasteiger partial charge < -0.3 is 15.3 Å². The Hall–Kier alpha value is -1.99. The third-order valence-corrected chi connectivity index (χ3v) is 5.40. The summed E-state index contributed by atoms with van der Waals surface area (Å²) in [6.45, 7) is 2.89. The molecule has 3 heterocycles. The van der Waals surface area contributed by atoms with Gasteiger partial charge in [-0.1, -0.05) is 0 Å². The Morgan fingerprint density at radius 2 is 2.04 bits per heavy atom. The Morgan fingerprint density at radius 3 is 2.75 bits per heavy atom. The highest BCUT2D eigenvalue weighted by atomic mass is 16.3. The fraction of sp³-hybridized carbons (Fsp3) is 0.588. The second kappa shape index (κ2) is 6.14. The van der Waals surface area contributed by atoms with E-state index in [4.69, 9.17) is 0 Å². The average molecular weight is 330 g/mol. The number of rotatable bonds is 2. The minimum absolute atomic E-state index is 0.0308. The van der Waals surface area contributed by atoms with Crippen LogP contribution in [0.1, 0.15) is 35.2 Å². The van der Waals surface area contributed by atoms with Gasteiger partial charge in [-0.3, -0.25) is 14.5 Å². The Morgan fingerprint density at radius 1 is 1.25 bits per heavy atom. The van der Waals surface area contributed by atoms with E-state index >= 15 is 0 Å². The Labute approximate surface area is 140 Å². The molecule has 24 heavy (non-hydrogen) atoms. The zero-order valence-corrected chi connectivity index (χ0v) is 13.6. The molecule has 0 aromatic carbocycles. The Kier molecular flexibility index (Phi) is 3.97. The van der Waals surface area contributed by atoms with Crippen molar-refractivity contribution in [3.05, 3.63) is 23.4 Å². The van der Waals surface area contributed by atoms with Crippen LogP contribution in [-0.4, -0.2) is 70.0 Å². The molecule has 1 aliphatic carbocycles. The molecule has 2 amide bonds. The summed E-state index contributed by atoms with van der Waals surface area (Å²) in [4.78, 5) is 32.7. The van der Waals surface area contributed by atoms with Gasteiger partial charge in [-0.05, 0) is 25.3 Å². The van der Waals surface area contributed by atoms with Crippen molar-refractivity contribution in [3.63, 3.8) is 0 Å². The molecule has 1 saturated carbocycles.